The van der Waals surface area contributed by atoms with Gasteiger partial charge in [-0.15, -0.1) is 0 Å². The van der Waals surface area contributed by atoms with Gasteiger partial charge in [-0.05, 0) is 30.3 Å². The van der Waals surface area contributed by atoms with Crippen molar-refractivity contribution in [1.29, 1.82) is 0 Å². The van der Waals surface area contributed by atoms with Crippen molar-refractivity contribution < 1.29 is 17.9 Å². The highest BCUT2D eigenvalue weighted by molar-refractivity contribution is 7.94. The van der Waals surface area contributed by atoms with Crippen LogP contribution in [0.15, 0.2) is 48.5 Å². The number of amides is 1. The smallest absolute Gasteiger partial charge is 0.326 e. The van der Waals surface area contributed by atoms with E-state index in [1.165, 1.54) is 22.7 Å². The Morgan fingerprint density at radius 3 is 2.42 bits per heavy atom. The van der Waals surface area contributed by atoms with Crippen molar-refractivity contribution in [1.82, 2.24) is 0 Å². The zero-order chi connectivity index (χ0) is 17.3. The van der Waals surface area contributed by atoms with E-state index < -0.39 is 10.2 Å². The number of carbonyl (C=O) groups is 1. The molecule has 0 saturated heterocycles. The zero-order valence-corrected chi connectivity index (χ0v) is 14.1. The van der Waals surface area contributed by atoms with Crippen LogP contribution in [-0.4, -0.2) is 35.0 Å². The number of rotatable bonds is 4. The van der Waals surface area contributed by atoms with Crippen molar-refractivity contribution in [3.8, 4) is 5.75 Å². The summed E-state index contributed by atoms with van der Waals surface area (Å²) in [5.74, 6) is 0.282. The second-order valence-corrected chi connectivity index (χ2v) is 7.29. The monoisotopic (exact) mass is 347 g/mol. The van der Waals surface area contributed by atoms with Gasteiger partial charge >= 0.3 is 10.2 Å². The fraction of sp³-hybridized carbons (Fsp3) is 0.188. The molecule has 0 aliphatic carbocycles. The molecule has 0 unspecified atom stereocenters. The first-order chi connectivity index (χ1) is 11.4. The molecule has 0 fully saturated rings. The Hall–Kier alpha value is -2.74. The Bertz CT molecular complexity index is 868. The Morgan fingerprint density at radius 1 is 1.04 bits per heavy atom. The summed E-state index contributed by atoms with van der Waals surface area (Å²) in [7, 11) is -0.561. The molecule has 24 heavy (non-hydrogen) atoms. The normalized spacial score (nSPS) is 15.1. The van der Waals surface area contributed by atoms with E-state index in [-0.39, 0.29) is 12.5 Å². The van der Waals surface area contributed by atoms with Gasteiger partial charge in [0.15, 0.2) is 6.61 Å². The summed E-state index contributed by atoms with van der Waals surface area (Å²) < 4.78 is 31.9. The van der Waals surface area contributed by atoms with E-state index in [0.29, 0.717) is 22.8 Å². The van der Waals surface area contributed by atoms with Gasteiger partial charge in [0.1, 0.15) is 5.75 Å². The topological polar surface area (TPSA) is 79.0 Å². The molecule has 3 rings (SSSR count). The van der Waals surface area contributed by atoms with Crippen LogP contribution in [0.4, 0.5) is 17.1 Å². The summed E-state index contributed by atoms with van der Waals surface area (Å²) in [6, 6.07) is 14.0. The van der Waals surface area contributed by atoms with Gasteiger partial charge in [0, 0.05) is 19.8 Å². The third kappa shape index (κ3) is 2.88. The third-order valence-electron chi connectivity index (χ3n) is 3.74. The summed E-state index contributed by atoms with van der Waals surface area (Å²) in [6.07, 6.45) is 0. The molecule has 2 aromatic rings. The average Bonchev–Trinajstić information content (AvgIpc) is 2.75. The van der Waals surface area contributed by atoms with Crippen molar-refractivity contribution in [2.75, 3.05) is 34.6 Å². The summed E-state index contributed by atoms with van der Waals surface area (Å²) in [6.45, 7) is -0.130. The number of anilines is 3. The molecule has 1 aliphatic heterocycles. The van der Waals surface area contributed by atoms with E-state index in [1.54, 1.807) is 30.3 Å². The van der Waals surface area contributed by atoms with E-state index >= 15 is 0 Å². The fourth-order valence-corrected chi connectivity index (χ4v) is 3.58. The lowest BCUT2D eigenvalue weighted by Crippen LogP contribution is -2.32. The van der Waals surface area contributed by atoms with Gasteiger partial charge in [-0.1, -0.05) is 18.2 Å². The van der Waals surface area contributed by atoms with Crippen LogP contribution in [0.3, 0.4) is 0 Å². The highest BCUT2D eigenvalue weighted by Gasteiger charge is 2.35. The molecule has 8 heteroatoms. The molecule has 0 atom stereocenters. The first kappa shape index (κ1) is 16.1. The quantitative estimate of drug-likeness (QED) is 0.915. The summed E-state index contributed by atoms with van der Waals surface area (Å²) in [5.41, 5.74) is 1.59. The minimum Gasteiger partial charge on any atom is -0.484 e. The van der Waals surface area contributed by atoms with Gasteiger partial charge in [-0.2, -0.15) is 8.42 Å². The molecule has 0 aromatic heterocycles. The number of para-hydroxylation sites is 1. The maximum atomic E-state index is 12.1. The predicted molar refractivity (Wildman–Crippen MR) is 92.7 cm³/mol. The van der Waals surface area contributed by atoms with E-state index in [9.17, 15) is 13.2 Å². The fourth-order valence-electron chi connectivity index (χ4n) is 2.41. The maximum absolute atomic E-state index is 12.1. The van der Waals surface area contributed by atoms with Gasteiger partial charge in [0.05, 0.1) is 11.4 Å². The number of ether oxygens (including phenoxy) is 1. The molecule has 1 N–H and O–H groups in total. The van der Waals surface area contributed by atoms with Crippen LogP contribution in [0.25, 0.3) is 0 Å². The van der Waals surface area contributed by atoms with Crippen molar-refractivity contribution in [2.45, 2.75) is 0 Å². The Morgan fingerprint density at radius 2 is 1.71 bits per heavy atom. The first-order valence-corrected chi connectivity index (χ1v) is 8.64. The molecule has 1 heterocycles. The highest BCUT2D eigenvalue weighted by atomic mass is 32.2. The van der Waals surface area contributed by atoms with Gasteiger partial charge in [-0.25, -0.2) is 0 Å². The lowest BCUT2D eigenvalue weighted by atomic mass is 10.2. The second kappa shape index (κ2) is 6.04. The molecule has 1 aliphatic rings. The number of nitrogens with zero attached hydrogens (tertiary/aromatic N) is 2. The lowest BCUT2D eigenvalue weighted by Gasteiger charge is -2.13. The first-order valence-electron chi connectivity index (χ1n) is 7.24. The summed E-state index contributed by atoms with van der Waals surface area (Å²) >= 11 is 0. The minimum atomic E-state index is -3.53. The van der Waals surface area contributed by atoms with E-state index in [4.69, 9.17) is 4.74 Å². The SMILES string of the molecule is CN1c2ccc(NC(=O)COc3ccccc3)cc2N(C)S1(=O)=O. The standard InChI is InChI=1S/C16H17N3O4S/c1-18-14-9-8-12(10-15(14)19(2)24(18,21)22)17-16(20)11-23-13-6-4-3-5-7-13/h3-10H,11H2,1-2H3,(H,17,20). The Labute approximate surface area is 140 Å². The van der Waals surface area contributed by atoms with Crippen molar-refractivity contribution >= 4 is 33.2 Å². The predicted octanol–water partition coefficient (Wildman–Crippen LogP) is 1.83. The van der Waals surface area contributed by atoms with E-state index in [1.807, 2.05) is 18.2 Å². The zero-order valence-electron chi connectivity index (χ0n) is 13.3. The third-order valence-corrected chi connectivity index (χ3v) is 5.52. The molecule has 1 amide bonds. The van der Waals surface area contributed by atoms with Crippen LogP contribution in [0, 0.1) is 0 Å². The number of fused-ring (bicyclic) bond motifs is 1. The van der Waals surface area contributed by atoms with Gasteiger partial charge in [0.25, 0.3) is 5.91 Å². The molecule has 126 valence electrons. The minimum absolute atomic E-state index is 0.130. The molecule has 0 radical (unpaired) electrons. The average molecular weight is 347 g/mol. The molecule has 7 nitrogen and oxygen atoms in total. The van der Waals surface area contributed by atoms with Crippen LogP contribution < -0.4 is 18.7 Å². The molecule has 2 aromatic carbocycles. The molecular weight excluding hydrogens is 330 g/mol. The summed E-state index contributed by atoms with van der Waals surface area (Å²) in [5, 5.41) is 2.70. The number of nitrogens with one attached hydrogen (secondary N) is 1. The molecule has 0 spiro atoms. The summed E-state index contributed by atoms with van der Waals surface area (Å²) in [4.78, 5) is 12.0. The van der Waals surface area contributed by atoms with Crippen LogP contribution in [0.1, 0.15) is 0 Å². The van der Waals surface area contributed by atoms with Gasteiger partial charge in [0.2, 0.25) is 0 Å². The van der Waals surface area contributed by atoms with Crippen LogP contribution in [0.5, 0.6) is 5.75 Å². The largest absolute Gasteiger partial charge is 0.484 e. The van der Waals surface area contributed by atoms with Gasteiger partial charge in [-0.3, -0.25) is 13.4 Å². The molecular formula is C16H17N3O4S. The number of carbonyl (C=O) groups excluding carboxylic acids is 1. The van der Waals surface area contributed by atoms with E-state index in [2.05, 4.69) is 5.32 Å². The Kier molecular flexibility index (Phi) is 4.06. The van der Waals surface area contributed by atoms with Crippen molar-refractivity contribution in [3.63, 3.8) is 0 Å². The van der Waals surface area contributed by atoms with Crippen LogP contribution >= 0.6 is 0 Å². The van der Waals surface area contributed by atoms with Gasteiger partial charge < -0.3 is 10.1 Å². The van der Waals surface area contributed by atoms with Crippen LogP contribution in [-0.2, 0) is 15.0 Å². The Balaban J connectivity index is 1.69. The molecule has 0 bridgehead atoms. The highest BCUT2D eigenvalue weighted by Crippen LogP contribution is 2.40. The maximum Gasteiger partial charge on any atom is 0.326 e. The number of benzene rings is 2. The van der Waals surface area contributed by atoms with Crippen LogP contribution in [0.2, 0.25) is 0 Å². The number of hydrogen-bond donors (Lipinski definition) is 1. The van der Waals surface area contributed by atoms with Crippen molar-refractivity contribution in [2.24, 2.45) is 0 Å². The van der Waals surface area contributed by atoms with E-state index in [0.717, 1.165) is 0 Å². The molecule has 0 saturated carbocycles. The van der Waals surface area contributed by atoms with Crippen molar-refractivity contribution in [3.05, 3.63) is 48.5 Å². The number of hydrogen-bond acceptors (Lipinski definition) is 4. The second-order valence-electron chi connectivity index (χ2n) is 5.30. The lowest BCUT2D eigenvalue weighted by molar-refractivity contribution is -0.118.